The number of fused-ring (bicyclic) bond motifs is 1. The van der Waals surface area contributed by atoms with Gasteiger partial charge in [-0.3, -0.25) is 11.3 Å². The second-order valence-electron chi connectivity index (χ2n) is 3.46. The van der Waals surface area contributed by atoms with Crippen LogP contribution in [-0.4, -0.2) is 5.11 Å². The molecule has 4 N–H and O–H groups in total. The van der Waals surface area contributed by atoms with Crippen molar-refractivity contribution in [2.24, 2.45) is 5.84 Å². The number of hydrazine groups is 1. The molecule has 13 heavy (non-hydrogen) atoms. The zero-order valence-corrected chi connectivity index (χ0v) is 7.46. The number of rotatable bonds is 1. The van der Waals surface area contributed by atoms with Crippen molar-refractivity contribution in [2.45, 2.75) is 25.3 Å². The van der Waals surface area contributed by atoms with Gasteiger partial charge >= 0.3 is 0 Å². The van der Waals surface area contributed by atoms with Gasteiger partial charge in [-0.2, -0.15) is 0 Å². The first kappa shape index (κ1) is 8.53. The number of aromatic hydroxyl groups is 1. The molecule has 0 fully saturated rings. The zero-order chi connectivity index (χ0) is 9.26. The molecule has 0 radical (unpaired) electrons. The summed E-state index contributed by atoms with van der Waals surface area (Å²) in [6.45, 7) is 0. The standard InChI is InChI=1S/C10H14N2O/c11-12-9-5-1-4-8-7(9)3-2-6-10(8)13/h2-3,6,9,12-13H,1,4-5,11H2/t9-/m1/s1. The van der Waals surface area contributed by atoms with Crippen molar-refractivity contribution in [1.29, 1.82) is 0 Å². The summed E-state index contributed by atoms with van der Waals surface area (Å²) < 4.78 is 0. The van der Waals surface area contributed by atoms with Crippen LogP contribution in [0.2, 0.25) is 0 Å². The average Bonchev–Trinajstić information content (AvgIpc) is 2.18. The van der Waals surface area contributed by atoms with Gasteiger partial charge in [-0.15, -0.1) is 0 Å². The summed E-state index contributed by atoms with van der Waals surface area (Å²) in [5.74, 6) is 5.84. The van der Waals surface area contributed by atoms with Crippen LogP contribution < -0.4 is 11.3 Å². The lowest BCUT2D eigenvalue weighted by Crippen LogP contribution is -2.30. The molecule has 70 valence electrons. The molecule has 0 unspecified atom stereocenters. The zero-order valence-electron chi connectivity index (χ0n) is 7.46. The second kappa shape index (κ2) is 3.36. The highest BCUT2D eigenvalue weighted by Gasteiger charge is 2.20. The summed E-state index contributed by atoms with van der Waals surface area (Å²) in [7, 11) is 0. The van der Waals surface area contributed by atoms with E-state index in [0.29, 0.717) is 5.75 Å². The van der Waals surface area contributed by atoms with Crippen molar-refractivity contribution in [3.63, 3.8) is 0 Å². The molecule has 0 aliphatic heterocycles. The van der Waals surface area contributed by atoms with Crippen LogP contribution in [0.25, 0.3) is 0 Å². The predicted molar refractivity (Wildman–Crippen MR) is 51.1 cm³/mol. The maximum atomic E-state index is 9.60. The molecule has 3 heteroatoms. The number of benzene rings is 1. The number of nitrogens with one attached hydrogen (secondary N) is 1. The summed E-state index contributed by atoms with van der Waals surface area (Å²) >= 11 is 0. The Labute approximate surface area is 77.5 Å². The van der Waals surface area contributed by atoms with Crippen LogP contribution in [0.3, 0.4) is 0 Å². The Morgan fingerprint density at radius 1 is 1.46 bits per heavy atom. The number of hydrogen-bond acceptors (Lipinski definition) is 3. The Bertz CT molecular complexity index is 312. The Morgan fingerprint density at radius 3 is 3.08 bits per heavy atom. The van der Waals surface area contributed by atoms with Crippen molar-refractivity contribution in [1.82, 2.24) is 5.43 Å². The van der Waals surface area contributed by atoms with E-state index < -0.39 is 0 Å². The molecular weight excluding hydrogens is 164 g/mol. The molecule has 1 atom stereocenters. The molecule has 1 aromatic carbocycles. The van der Waals surface area contributed by atoms with Crippen LogP contribution in [0.4, 0.5) is 0 Å². The van der Waals surface area contributed by atoms with Crippen LogP contribution >= 0.6 is 0 Å². The second-order valence-corrected chi connectivity index (χ2v) is 3.46. The minimum atomic E-state index is 0.204. The van der Waals surface area contributed by atoms with Gasteiger partial charge in [0.15, 0.2) is 0 Å². The Hall–Kier alpha value is -1.06. The normalized spacial score (nSPS) is 21.2. The summed E-state index contributed by atoms with van der Waals surface area (Å²) in [6, 6.07) is 5.83. The highest BCUT2D eigenvalue weighted by Crippen LogP contribution is 2.33. The predicted octanol–water partition coefficient (Wildman–Crippen LogP) is 1.23. The molecule has 1 aromatic rings. The quantitative estimate of drug-likeness (QED) is 0.448. The van der Waals surface area contributed by atoms with Crippen molar-refractivity contribution in [3.8, 4) is 5.75 Å². The highest BCUT2D eigenvalue weighted by molar-refractivity contribution is 5.42. The molecule has 3 nitrogen and oxygen atoms in total. The molecule has 1 aliphatic rings. The minimum absolute atomic E-state index is 0.204. The van der Waals surface area contributed by atoms with Crippen LogP contribution in [0.1, 0.15) is 30.0 Å². The smallest absolute Gasteiger partial charge is 0.119 e. The van der Waals surface area contributed by atoms with Crippen LogP contribution in [0.15, 0.2) is 18.2 Å². The monoisotopic (exact) mass is 178 g/mol. The molecule has 1 aliphatic carbocycles. The fourth-order valence-corrected chi connectivity index (χ4v) is 2.00. The summed E-state index contributed by atoms with van der Waals surface area (Å²) in [5.41, 5.74) is 4.98. The molecule has 2 rings (SSSR count). The molecule has 0 bridgehead atoms. The van der Waals surface area contributed by atoms with E-state index in [-0.39, 0.29) is 6.04 Å². The Balaban J connectivity index is 2.45. The lowest BCUT2D eigenvalue weighted by atomic mass is 9.87. The fraction of sp³-hybridized carbons (Fsp3) is 0.400. The van der Waals surface area contributed by atoms with Gasteiger partial charge in [0.25, 0.3) is 0 Å². The van der Waals surface area contributed by atoms with E-state index in [1.807, 2.05) is 12.1 Å². The van der Waals surface area contributed by atoms with Crippen LogP contribution in [0.5, 0.6) is 5.75 Å². The maximum absolute atomic E-state index is 9.60. The largest absolute Gasteiger partial charge is 0.508 e. The fourth-order valence-electron chi connectivity index (χ4n) is 2.00. The molecule has 0 spiro atoms. The van der Waals surface area contributed by atoms with Crippen molar-refractivity contribution in [3.05, 3.63) is 29.3 Å². The summed E-state index contributed by atoms with van der Waals surface area (Å²) in [6.07, 6.45) is 3.09. The van der Waals surface area contributed by atoms with Gasteiger partial charge in [0.1, 0.15) is 5.75 Å². The summed E-state index contributed by atoms with van der Waals surface area (Å²) in [5, 5.41) is 9.60. The third-order valence-corrected chi connectivity index (χ3v) is 2.68. The minimum Gasteiger partial charge on any atom is -0.508 e. The third-order valence-electron chi connectivity index (χ3n) is 2.68. The van der Waals surface area contributed by atoms with Crippen LogP contribution in [0, 0.1) is 0 Å². The molecule has 0 heterocycles. The summed E-state index contributed by atoms with van der Waals surface area (Å²) in [4.78, 5) is 0. The molecule has 0 saturated heterocycles. The van der Waals surface area contributed by atoms with Crippen molar-refractivity contribution >= 4 is 0 Å². The van der Waals surface area contributed by atoms with Gasteiger partial charge in [0.2, 0.25) is 0 Å². The van der Waals surface area contributed by atoms with E-state index in [0.717, 1.165) is 30.4 Å². The van der Waals surface area contributed by atoms with Gasteiger partial charge in [-0.1, -0.05) is 12.1 Å². The Morgan fingerprint density at radius 2 is 2.31 bits per heavy atom. The molecule has 0 aromatic heterocycles. The van der Waals surface area contributed by atoms with Gasteiger partial charge < -0.3 is 5.11 Å². The first-order valence-corrected chi connectivity index (χ1v) is 4.60. The molecule has 0 amide bonds. The van der Waals surface area contributed by atoms with Gasteiger partial charge in [-0.05, 0) is 36.5 Å². The van der Waals surface area contributed by atoms with Gasteiger partial charge in [-0.25, -0.2) is 0 Å². The van der Waals surface area contributed by atoms with E-state index in [1.54, 1.807) is 6.07 Å². The lowest BCUT2D eigenvalue weighted by molar-refractivity contribution is 0.435. The number of nitrogens with two attached hydrogens (primary N) is 1. The topological polar surface area (TPSA) is 58.3 Å². The number of phenolic OH excluding ortho intramolecular Hbond substituents is 1. The van der Waals surface area contributed by atoms with Gasteiger partial charge in [0, 0.05) is 6.04 Å². The first-order chi connectivity index (χ1) is 6.33. The SMILES string of the molecule is NN[C@@H]1CCCc2c(O)cccc21. The third kappa shape index (κ3) is 1.41. The van der Waals surface area contributed by atoms with E-state index in [9.17, 15) is 5.11 Å². The van der Waals surface area contributed by atoms with Crippen LogP contribution in [-0.2, 0) is 6.42 Å². The lowest BCUT2D eigenvalue weighted by Gasteiger charge is -2.25. The van der Waals surface area contributed by atoms with E-state index in [1.165, 1.54) is 0 Å². The van der Waals surface area contributed by atoms with E-state index >= 15 is 0 Å². The van der Waals surface area contributed by atoms with Crippen molar-refractivity contribution < 1.29 is 5.11 Å². The Kier molecular flexibility index (Phi) is 2.20. The average molecular weight is 178 g/mol. The van der Waals surface area contributed by atoms with Crippen molar-refractivity contribution in [2.75, 3.05) is 0 Å². The molecular formula is C10H14N2O. The number of phenols is 1. The van der Waals surface area contributed by atoms with Gasteiger partial charge in [0.05, 0.1) is 0 Å². The van der Waals surface area contributed by atoms with E-state index in [2.05, 4.69) is 5.43 Å². The maximum Gasteiger partial charge on any atom is 0.119 e. The first-order valence-electron chi connectivity index (χ1n) is 4.60. The highest BCUT2D eigenvalue weighted by atomic mass is 16.3. The molecule has 0 saturated carbocycles. The van der Waals surface area contributed by atoms with E-state index in [4.69, 9.17) is 5.84 Å². The number of hydrogen-bond donors (Lipinski definition) is 3.